The third-order valence-electron chi connectivity index (χ3n) is 3.24. The average molecular weight is 315 g/mol. The minimum absolute atomic E-state index is 0.143. The van der Waals surface area contributed by atoms with E-state index < -0.39 is 0 Å². The highest BCUT2D eigenvalue weighted by atomic mass is 35.5. The van der Waals surface area contributed by atoms with Gasteiger partial charge in [-0.3, -0.25) is 4.79 Å². The fraction of sp³-hybridized carbons (Fsp3) is 0.118. The largest absolute Gasteiger partial charge is 0.492 e. The molecule has 1 aromatic heterocycles. The number of aromatic amines is 1. The molecule has 0 atom stereocenters. The number of aromatic nitrogens is 1. The van der Waals surface area contributed by atoms with Crippen LogP contribution in [0.4, 0.5) is 0 Å². The third kappa shape index (κ3) is 3.40. The number of halogens is 1. The molecular formula is C17H15ClN2O2. The summed E-state index contributed by atoms with van der Waals surface area (Å²) in [7, 11) is 0. The van der Waals surface area contributed by atoms with Crippen LogP contribution in [0.25, 0.3) is 10.9 Å². The van der Waals surface area contributed by atoms with Crippen molar-refractivity contribution in [2.24, 2.45) is 0 Å². The molecule has 1 amide bonds. The summed E-state index contributed by atoms with van der Waals surface area (Å²) in [5.74, 6) is 0.583. The average Bonchev–Trinajstić information content (AvgIpc) is 2.97. The summed E-state index contributed by atoms with van der Waals surface area (Å²) < 4.78 is 5.52. The van der Waals surface area contributed by atoms with Crippen LogP contribution in [0.5, 0.6) is 5.75 Å². The van der Waals surface area contributed by atoms with E-state index in [1.807, 2.05) is 30.3 Å². The smallest absolute Gasteiger partial charge is 0.267 e. The Labute approximate surface area is 133 Å². The number of nitrogens with one attached hydrogen (secondary N) is 2. The normalized spacial score (nSPS) is 10.6. The number of benzene rings is 2. The summed E-state index contributed by atoms with van der Waals surface area (Å²) in [5, 5.41) is 4.51. The van der Waals surface area contributed by atoms with Crippen LogP contribution in [0.15, 0.2) is 54.6 Å². The molecule has 3 aromatic rings. The van der Waals surface area contributed by atoms with Gasteiger partial charge in [-0.25, -0.2) is 0 Å². The van der Waals surface area contributed by atoms with Crippen LogP contribution in [-0.4, -0.2) is 24.0 Å². The van der Waals surface area contributed by atoms with Gasteiger partial charge in [0.05, 0.1) is 6.54 Å². The van der Waals surface area contributed by atoms with Crippen LogP contribution in [0, 0.1) is 0 Å². The second-order valence-corrected chi connectivity index (χ2v) is 5.26. The number of H-pyrrole nitrogens is 1. The first-order valence-electron chi connectivity index (χ1n) is 6.97. The first-order valence-corrected chi connectivity index (χ1v) is 7.34. The van der Waals surface area contributed by atoms with Crippen molar-refractivity contribution in [3.8, 4) is 5.75 Å². The third-order valence-corrected chi connectivity index (χ3v) is 3.50. The predicted molar refractivity (Wildman–Crippen MR) is 87.6 cm³/mol. The molecule has 0 spiro atoms. The van der Waals surface area contributed by atoms with Crippen molar-refractivity contribution in [2.45, 2.75) is 0 Å². The van der Waals surface area contributed by atoms with E-state index in [2.05, 4.69) is 10.3 Å². The number of fused-ring (bicyclic) bond motifs is 1. The lowest BCUT2D eigenvalue weighted by Crippen LogP contribution is -2.28. The maximum absolute atomic E-state index is 12.1. The molecule has 0 saturated carbocycles. The zero-order valence-electron chi connectivity index (χ0n) is 11.8. The molecule has 22 heavy (non-hydrogen) atoms. The highest BCUT2D eigenvalue weighted by Crippen LogP contribution is 2.15. The highest BCUT2D eigenvalue weighted by Gasteiger charge is 2.08. The quantitative estimate of drug-likeness (QED) is 0.707. The topological polar surface area (TPSA) is 54.1 Å². The molecule has 1 heterocycles. The lowest BCUT2D eigenvalue weighted by atomic mass is 10.2. The second kappa shape index (κ2) is 6.54. The fourth-order valence-electron chi connectivity index (χ4n) is 2.16. The number of ether oxygens (including phenoxy) is 1. The molecular weight excluding hydrogens is 300 g/mol. The zero-order chi connectivity index (χ0) is 15.4. The van der Waals surface area contributed by atoms with Crippen LogP contribution in [-0.2, 0) is 0 Å². The highest BCUT2D eigenvalue weighted by molar-refractivity contribution is 6.30. The van der Waals surface area contributed by atoms with Crippen LogP contribution < -0.4 is 10.1 Å². The second-order valence-electron chi connectivity index (χ2n) is 4.83. The molecule has 4 nitrogen and oxygen atoms in total. The van der Waals surface area contributed by atoms with Crippen LogP contribution in [0.2, 0.25) is 5.02 Å². The standard InChI is InChI=1S/C17H15ClN2O2/c18-13-5-7-14(8-6-13)22-10-9-19-17(21)16-11-12-3-1-2-4-15(12)20-16/h1-8,11,20H,9-10H2,(H,19,21). The molecule has 0 radical (unpaired) electrons. The van der Waals surface area contributed by atoms with E-state index >= 15 is 0 Å². The minimum atomic E-state index is -0.143. The van der Waals surface area contributed by atoms with Gasteiger partial charge in [-0.2, -0.15) is 0 Å². The van der Waals surface area contributed by atoms with E-state index in [0.29, 0.717) is 23.9 Å². The number of amides is 1. The summed E-state index contributed by atoms with van der Waals surface area (Å²) in [6, 6.07) is 16.7. The summed E-state index contributed by atoms with van der Waals surface area (Å²) >= 11 is 5.80. The van der Waals surface area contributed by atoms with Gasteiger partial charge in [-0.1, -0.05) is 29.8 Å². The molecule has 0 aliphatic heterocycles. The SMILES string of the molecule is O=C(NCCOc1ccc(Cl)cc1)c1cc2ccccc2[nH]1. The first kappa shape index (κ1) is 14.5. The van der Waals surface area contributed by atoms with Crippen LogP contribution in [0.3, 0.4) is 0 Å². The summed E-state index contributed by atoms with van der Waals surface area (Å²) in [4.78, 5) is 15.1. The van der Waals surface area contributed by atoms with Crippen molar-refractivity contribution in [2.75, 3.05) is 13.2 Å². The van der Waals surface area contributed by atoms with Crippen molar-refractivity contribution in [3.05, 3.63) is 65.3 Å². The van der Waals surface area contributed by atoms with Gasteiger partial charge in [0.25, 0.3) is 5.91 Å². The molecule has 0 saturated heterocycles. The van der Waals surface area contributed by atoms with E-state index in [-0.39, 0.29) is 5.91 Å². The zero-order valence-corrected chi connectivity index (χ0v) is 12.6. The van der Waals surface area contributed by atoms with Gasteiger partial charge in [0.15, 0.2) is 0 Å². The van der Waals surface area contributed by atoms with Gasteiger partial charge in [0.1, 0.15) is 18.1 Å². The molecule has 0 unspecified atom stereocenters. The van der Waals surface area contributed by atoms with E-state index in [1.54, 1.807) is 24.3 Å². The van der Waals surface area contributed by atoms with Gasteiger partial charge in [-0.15, -0.1) is 0 Å². The number of hydrogen-bond donors (Lipinski definition) is 2. The number of rotatable bonds is 5. The van der Waals surface area contributed by atoms with Crippen LogP contribution >= 0.6 is 11.6 Å². The van der Waals surface area contributed by atoms with E-state index in [0.717, 1.165) is 16.7 Å². The minimum Gasteiger partial charge on any atom is -0.492 e. The van der Waals surface area contributed by atoms with Crippen molar-refractivity contribution in [1.82, 2.24) is 10.3 Å². The van der Waals surface area contributed by atoms with Crippen molar-refractivity contribution in [3.63, 3.8) is 0 Å². The molecule has 0 bridgehead atoms. The van der Waals surface area contributed by atoms with Gasteiger partial charge in [0.2, 0.25) is 0 Å². The van der Waals surface area contributed by atoms with E-state index in [4.69, 9.17) is 16.3 Å². The first-order chi connectivity index (χ1) is 10.7. The van der Waals surface area contributed by atoms with Gasteiger partial charge >= 0.3 is 0 Å². The number of para-hydroxylation sites is 1. The van der Waals surface area contributed by atoms with E-state index in [1.165, 1.54) is 0 Å². The van der Waals surface area contributed by atoms with Crippen molar-refractivity contribution < 1.29 is 9.53 Å². The summed E-state index contributed by atoms with van der Waals surface area (Å²) in [5.41, 5.74) is 1.50. The predicted octanol–water partition coefficient (Wildman–Crippen LogP) is 3.63. The number of hydrogen-bond acceptors (Lipinski definition) is 2. The Hall–Kier alpha value is -2.46. The Morgan fingerprint density at radius 2 is 1.91 bits per heavy atom. The molecule has 0 aliphatic rings. The summed E-state index contributed by atoms with van der Waals surface area (Å²) in [6.07, 6.45) is 0. The Morgan fingerprint density at radius 1 is 1.14 bits per heavy atom. The van der Waals surface area contributed by atoms with Crippen molar-refractivity contribution in [1.29, 1.82) is 0 Å². The monoisotopic (exact) mass is 314 g/mol. The molecule has 3 rings (SSSR count). The molecule has 0 aliphatic carbocycles. The van der Waals surface area contributed by atoms with Gasteiger partial charge in [0, 0.05) is 15.9 Å². The van der Waals surface area contributed by atoms with Crippen LogP contribution in [0.1, 0.15) is 10.5 Å². The molecule has 2 aromatic carbocycles. The van der Waals surface area contributed by atoms with Gasteiger partial charge in [-0.05, 0) is 36.4 Å². The Kier molecular flexibility index (Phi) is 4.30. The van der Waals surface area contributed by atoms with Crippen molar-refractivity contribution >= 4 is 28.4 Å². The van der Waals surface area contributed by atoms with Gasteiger partial charge < -0.3 is 15.0 Å². The molecule has 0 fully saturated rings. The van der Waals surface area contributed by atoms with E-state index in [9.17, 15) is 4.79 Å². The fourth-order valence-corrected chi connectivity index (χ4v) is 2.28. The Bertz CT molecular complexity index is 748. The Morgan fingerprint density at radius 3 is 2.68 bits per heavy atom. The Balaban J connectivity index is 1.50. The molecule has 112 valence electrons. The molecule has 5 heteroatoms. The maximum Gasteiger partial charge on any atom is 0.267 e. The lowest BCUT2D eigenvalue weighted by Gasteiger charge is -2.07. The number of carbonyl (C=O) groups is 1. The lowest BCUT2D eigenvalue weighted by molar-refractivity contribution is 0.0943. The summed E-state index contributed by atoms with van der Waals surface area (Å²) in [6.45, 7) is 0.824. The maximum atomic E-state index is 12.1. The number of carbonyl (C=O) groups excluding carboxylic acids is 1. The molecule has 2 N–H and O–H groups in total.